The number of morpholine rings is 1. The summed E-state index contributed by atoms with van der Waals surface area (Å²) in [6.45, 7) is 6.70. The van der Waals surface area contributed by atoms with Gasteiger partial charge < -0.3 is 14.5 Å². The summed E-state index contributed by atoms with van der Waals surface area (Å²) in [5, 5.41) is 1.87. The predicted octanol–water partition coefficient (Wildman–Crippen LogP) is 8.77. The molecule has 11 nitrogen and oxygen atoms in total. The van der Waals surface area contributed by atoms with E-state index in [1.54, 1.807) is 36.2 Å². The van der Waals surface area contributed by atoms with Crippen LogP contribution in [0.25, 0.3) is 22.3 Å². The molecule has 6 heterocycles. The van der Waals surface area contributed by atoms with Gasteiger partial charge in [0.2, 0.25) is 11.9 Å². The lowest BCUT2D eigenvalue weighted by Crippen LogP contribution is -2.38. The number of thioether (sulfide) groups is 2. The van der Waals surface area contributed by atoms with Crippen LogP contribution >= 0.6 is 23.5 Å². The standard InChI is InChI=1S/C23H23N5OS.C23H23N5S/c1-3-7-18(8-4-1)15-28-21-20(26-23(28)27-11-13-29-14-12-27)22(25-17-24-21)30-16-19-9-5-2-6-10-19;1-3-9-18(10-4-1)15-28-21-20(26-23(28)27-13-7-8-14-27)22(25-17-24-21)29-16-19-11-5-2-6-12-19/h1-10,17H,11-16H2;1-6,9-12,17H,7-8,13-16H2. The topological polar surface area (TPSA) is 103 Å². The van der Waals surface area contributed by atoms with Gasteiger partial charge in [0.05, 0.1) is 26.3 Å². The molecular weight excluding hydrogens is 773 g/mol. The zero-order valence-corrected chi connectivity index (χ0v) is 34.5. The van der Waals surface area contributed by atoms with E-state index < -0.39 is 0 Å². The van der Waals surface area contributed by atoms with Crippen LogP contribution < -0.4 is 9.80 Å². The van der Waals surface area contributed by atoms with Crippen molar-refractivity contribution in [1.82, 2.24) is 39.0 Å². The Labute approximate surface area is 352 Å². The van der Waals surface area contributed by atoms with Crippen LogP contribution in [0.4, 0.5) is 11.9 Å². The van der Waals surface area contributed by atoms with Gasteiger partial charge in [0.15, 0.2) is 11.3 Å². The van der Waals surface area contributed by atoms with Crippen LogP contribution in [-0.4, -0.2) is 78.4 Å². The van der Waals surface area contributed by atoms with Gasteiger partial charge in [-0.2, -0.15) is 0 Å². The Morgan fingerprint density at radius 3 is 1.27 bits per heavy atom. The first-order chi connectivity index (χ1) is 29.3. The van der Waals surface area contributed by atoms with Gasteiger partial charge in [-0.3, -0.25) is 9.13 Å². The fraction of sp³-hybridized carbons (Fsp3) is 0.261. The Morgan fingerprint density at radius 1 is 0.458 bits per heavy atom. The van der Waals surface area contributed by atoms with Crippen molar-refractivity contribution >= 4 is 57.7 Å². The van der Waals surface area contributed by atoms with E-state index >= 15 is 0 Å². The zero-order chi connectivity index (χ0) is 39.6. The number of hydrogen-bond acceptors (Lipinski definition) is 11. The summed E-state index contributed by atoms with van der Waals surface area (Å²) in [6.07, 6.45) is 5.76. The third-order valence-electron chi connectivity index (χ3n) is 10.4. The van der Waals surface area contributed by atoms with Gasteiger partial charge in [0.25, 0.3) is 0 Å². The molecule has 0 atom stereocenters. The zero-order valence-electron chi connectivity index (χ0n) is 32.9. The highest BCUT2D eigenvalue weighted by atomic mass is 32.2. The summed E-state index contributed by atoms with van der Waals surface area (Å²) in [7, 11) is 0. The van der Waals surface area contributed by atoms with Gasteiger partial charge in [0, 0.05) is 37.7 Å². The van der Waals surface area contributed by atoms with E-state index in [9.17, 15) is 0 Å². The molecule has 298 valence electrons. The molecule has 0 radical (unpaired) electrons. The SMILES string of the molecule is c1ccc(CSc2ncnc3c2nc(N2CCCC2)n3Cc2ccccc2)cc1.c1ccc(CSc2ncnc3c2nc(N2CCOCC2)n3Cc2ccccc2)cc1. The smallest absolute Gasteiger partial charge is 0.208 e. The minimum absolute atomic E-state index is 0.718. The van der Waals surface area contributed by atoms with Crippen molar-refractivity contribution in [3.05, 3.63) is 156 Å². The molecule has 8 aromatic rings. The van der Waals surface area contributed by atoms with Gasteiger partial charge in [-0.15, -0.1) is 0 Å². The lowest BCUT2D eigenvalue weighted by atomic mass is 10.2. The van der Waals surface area contributed by atoms with Gasteiger partial charge in [-0.1, -0.05) is 145 Å². The third kappa shape index (κ3) is 9.27. The first-order valence-corrected chi connectivity index (χ1v) is 22.2. The number of rotatable bonds is 12. The average Bonchev–Trinajstić information content (AvgIpc) is 4.06. The van der Waals surface area contributed by atoms with Crippen molar-refractivity contribution in [2.24, 2.45) is 0 Å². The highest BCUT2D eigenvalue weighted by Crippen LogP contribution is 2.33. The number of fused-ring (bicyclic) bond motifs is 2. The fourth-order valence-electron chi connectivity index (χ4n) is 7.46. The summed E-state index contributed by atoms with van der Waals surface area (Å²) in [5.41, 5.74) is 8.61. The van der Waals surface area contributed by atoms with Crippen molar-refractivity contribution in [2.45, 2.75) is 47.5 Å². The van der Waals surface area contributed by atoms with E-state index in [0.717, 1.165) is 108 Å². The van der Waals surface area contributed by atoms with Crippen LogP contribution in [0.3, 0.4) is 0 Å². The van der Waals surface area contributed by atoms with E-state index in [-0.39, 0.29) is 0 Å². The molecule has 13 heteroatoms. The minimum Gasteiger partial charge on any atom is -0.378 e. The summed E-state index contributed by atoms with van der Waals surface area (Å²) >= 11 is 3.44. The molecule has 0 spiro atoms. The summed E-state index contributed by atoms with van der Waals surface area (Å²) in [5.74, 6) is 3.69. The van der Waals surface area contributed by atoms with E-state index in [0.29, 0.717) is 0 Å². The number of aromatic nitrogens is 8. The molecule has 2 aliphatic heterocycles. The van der Waals surface area contributed by atoms with E-state index in [4.69, 9.17) is 14.7 Å². The Kier molecular flexibility index (Phi) is 12.4. The lowest BCUT2D eigenvalue weighted by Gasteiger charge is -2.28. The molecule has 59 heavy (non-hydrogen) atoms. The molecule has 0 aliphatic carbocycles. The molecule has 0 N–H and O–H groups in total. The first kappa shape index (κ1) is 38.7. The van der Waals surface area contributed by atoms with Crippen LogP contribution in [0.2, 0.25) is 0 Å². The van der Waals surface area contributed by atoms with Crippen LogP contribution in [-0.2, 0) is 29.3 Å². The largest absolute Gasteiger partial charge is 0.378 e. The second-order valence-electron chi connectivity index (χ2n) is 14.5. The minimum atomic E-state index is 0.718. The van der Waals surface area contributed by atoms with E-state index in [1.807, 2.05) is 18.2 Å². The number of anilines is 2. The molecule has 4 aromatic heterocycles. The quantitative estimate of drug-likeness (QED) is 0.0874. The Balaban J connectivity index is 0.000000152. The molecule has 10 rings (SSSR count). The van der Waals surface area contributed by atoms with Gasteiger partial charge >= 0.3 is 0 Å². The molecule has 2 fully saturated rings. The molecule has 2 saturated heterocycles. The highest BCUT2D eigenvalue weighted by molar-refractivity contribution is 7.98. The van der Waals surface area contributed by atoms with Crippen molar-refractivity contribution in [1.29, 1.82) is 0 Å². The second kappa shape index (κ2) is 18.9. The van der Waals surface area contributed by atoms with Crippen LogP contribution in [0.15, 0.2) is 144 Å². The maximum atomic E-state index is 5.55. The fourth-order valence-corrected chi connectivity index (χ4v) is 9.24. The molecule has 4 aromatic carbocycles. The van der Waals surface area contributed by atoms with Crippen molar-refractivity contribution in [3.63, 3.8) is 0 Å². The monoisotopic (exact) mass is 818 g/mol. The van der Waals surface area contributed by atoms with Crippen LogP contribution in [0.5, 0.6) is 0 Å². The maximum absolute atomic E-state index is 5.55. The third-order valence-corrected chi connectivity index (χ3v) is 12.5. The summed E-state index contributed by atoms with van der Waals surface area (Å²) < 4.78 is 10.0. The number of hydrogen-bond donors (Lipinski definition) is 0. The molecule has 2 aliphatic rings. The Hall–Kier alpha value is -5.76. The number of ether oxygens (including phenoxy) is 1. The molecule has 0 unspecified atom stereocenters. The van der Waals surface area contributed by atoms with Crippen LogP contribution in [0.1, 0.15) is 35.1 Å². The summed E-state index contributed by atoms with van der Waals surface area (Å²) in [4.78, 5) is 33.1. The van der Waals surface area contributed by atoms with Gasteiger partial charge in [0.1, 0.15) is 33.7 Å². The van der Waals surface area contributed by atoms with Crippen molar-refractivity contribution in [3.8, 4) is 0 Å². The first-order valence-electron chi connectivity index (χ1n) is 20.2. The highest BCUT2D eigenvalue weighted by Gasteiger charge is 2.24. The van der Waals surface area contributed by atoms with Crippen LogP contribution in [0, 0.1) is 0 Å². The predicted molar refractivity (Wildman–Crippen MR) is 238 cm³/mol. The van der Waals surface area contributed by atoms with E-state index in [2.05, 4.69) is 142 Å². The molecule has 0 amide bonds. The van der Waals surface area contributed by atoms with Gasteiger partial charge in [-0.05, 0) is 35.1 Å². The number of imidazole rings is 2. The number of benzene rings is 4. The number of nitrogens with zero attached hydrogens (tertiary/aromatic N) is 10. The second-order valence-corrected chi connectivity index (χ2v) is 16.4. The summed E-state index contributed by atoms with van der Waals surface area (Å²) in [6, 6.07) is 41.9. The molecular formula is C46H46N10OS2. The van der Waals surface area contributed by atoms with E-state index in [1.165, 1.54) is 35.1 Å². The molecule has 0 bridgehead atoms. The van der Waals surface area contributed by atoms with Gasteiger partial charge in [-0.25, -0.2) is 29.9 Å². The Morgan fingerprint density at radius 2 is 0.847 bits per heavy atom. The normalized spacial score (nSPS) is 14.2. The average molecular weight is 819 g/mol. The molecule has 0 saturated carbocycles. The maximum Gasteiger partial charge on any atom is 0.208 e. The Bertz CT molecular complexity index is 2560. The lowest BCUT2D eigenvalue weighted by molar-refractivity contribution is 0.121. The van der Waals surface area contributed by atoms with Crippen molar-refractivity contribution in [2.75, 3.05) is 49.2 Å². The van der Waals surface area contributed by atoms with Crippen molar-refractivity contribution < 1.29 is 4.74 Å².